The maximum absolute atomic E-state index is 12.8. The van der Waals surface area contributed by atoms with Crippen LogP contribution in [0.3, 0.4) is 0 Å². The molecule has 2 aromatic carbocycles. The van der Waals surface area contributed by atoms with Crippen LogP contribution in [0.5, 0.6) is 0 Å². The summed E-state index contributed by atoms with van der Waals surface area (Å²) in [5.41, 5.74) is 1.25. The van der Waals surface area contributed by atoms with Crippen molar-refractivity contribution in [2.24, 2.45) is 0 Å². The number of carbonyl (C=O) groups is 1. The number of fused-ring (bicyclic) bond motifs is 2. The highest BCUT2D eigenvalue weighted by Gasteiger charge is 2.48. The fourth-order valence-electron chi connectivity index (χ4n) is 4.64. The molecule has 2 atom stereocenters. The monoisotopic (exact) mass is 376 g/mol. The van der Waals surface area contributed by atoms with Gasteiger partial charge in [0.1, 0.15) is 6.61 Å². The molecule has 5 heteroatoms. The van der Waals surface area contributed by atoms with Crippen LogP contribution in [-0.4, -0.2) is 28.2 Å². The van der Waals surface area contributed by atoms with E-state index in [1.54, 1.807) is 12.1 Å². The molecule has 0 spiro atoms. The molecule has 1 amide bonds. The molecule has 28 heavy (non-hydrogen) atoms. The highest BCUT2D eigenvalue weighted by atomic mass is 16.6. The van der Waals surface area contributed by atoms with Crippen LogP contribution in [-0.2, 0) is 16.9 Å². The number of piperidine rings is 2. The molecule has 4 rings (SSSR count). The van der Waals surface area contributed by atoms with Gasteiger partial charge in [0.25, 0.3) is 0 Å². The predicted octanol–water partition coefficient (Wildman–Crippen LogP) is 4.10. The maximum Gasteiger partial charge on any atom is 0.410 e. The average Bonchev–Trinajstić information content (AvgIpc) is 2.72. The molecule has 0 radical (unpaired) electrons. The molecule has 2 saturated heterocycles. The standard InChI is InChI=1S/C23H24N2O3/c24-15-18-8-4-9-19(12-18)23(27)13-20-10-5-11-21(14-23)25(20)22(26)28-16-17-6-2-1-3-7-17/h1-4,6-9,12,20-21,27H,5,10-11,13-14,16H2. The van der Waals surface area contributed by atoms with Crippen molar-refractivity contribution in [1.29, 1.82) is 5.26 Å². The molecule has 2 unspecified atom stereocenters. The minimum absolute atomic E-state index is 0.0495. The molecule has 2 fully saturated rings. The summed E-state index contributed by atoms with van der Waals surface area (Å²) >= 11 is 0. The SMILES string of the molecule is N#Cc1cccc(C2(O)CC3CCCC(C2)N3C(=O)OCc2ccccc2)c1. The van der Waals surface area contributed by atoms with Crippen LogP contribution >= 0.6 is 0 Å². The Morgan fingerprint density at radius 3 is 2.54 bits per heavy atom. The van der Waals surface area contributed by atoms with Gasteiger partial charge in [-0.2, -0.15) is 5.26 Å². The third-order valence-corrected chi connectivity index (χ3v) is 5.95. The Morgan fingerprint density at radius 2 is 1.86 bits per heavy atom. The van der Waals surface area contributed by atoms with Crippen molar-refractivity contribution in [3.63, 3.8) is 0 Å². The lowest BCUT2D eigenvalue weighted by Gasteiger charge is -2.51. The molecule has 5 nitrogen and oxygen atoms in total. The first-order valence-corrected chi connectivity index (χ1v) is 9.81. The van der Waals surface area contributed by atoms with Gasteiger partial charge in [0.15, 0.2) is 0 Å². The smallest absolute Gasteiger partial charge is 0.410 e. The Labute approximate surface area is 165 Å². The zero-order valence-electron chi connectivity index (χ0n) is 15.8. The lowest BCUT2D eigenvalue weighted by atomic mass is 9.72. The Morgan fingerprint density at radius 1 is 1.14 bits per heavy atom. The third-order valence-electron chi connectivity index (χ3n) is 5.95. The van der Waals surface area contributed by atoms with Gasteiger partial charge < -0.3 is 14.7 Å². The summed E-state index contributed by atoms with van der Waals surface area (Å²) in [5, 5.41) is 20.6. The minimum Gasteiger partial charge on any atom is -0.445 e. The van der Waals surface area contributed by atoms with Crippen molar-refractivity contribution in [1.82, 2.24) is 4.90 Å². The quantitative estimate of drug-likeness (QED) is 0.875. The number of hydrogen-bond donors (Lipinski definition) is 1. The van der Waals surface area contributed by atoms with E-state index < -0.39 is 5.60 Å². The fraction of sp³-hybridized carbons (Fsp3) is 0.391. The maximum atomic E-state index is 12.8. The van der Waals surface area contributed by atoms with E-state index in [0.29, 0.717) is 18.4 Å². The molecule has 2 bridgehead atoms. The first kappa shape index (κ1) is 18.5. The van der Waals surface area contributed by atoms with Crippen molar-refractivity contribution in [3.8, 4) is 6.07 Å². The highest BCUT2D eigenvalue weighted by Crippen LogP contribution is 2.44. The number of rotatable bonds is 3. The number of amides is 1. The summed E-state index contributed by atoms with van der Waals surface area (Å²) in [6, 6.07) is 18.9. The number of carbonyl (C=O) groups excluding carboxylic acids is 1. The van der Waals surface area contributed by atoms with Gasteiger partial charge in [-0.05, 0) is 42.5 Å². The molecule has 2 aliphatic heterocycles. The molecule has 2 aromatic rings. The van der Waals surface area contributed by atoms with Gasteiger partial charge in [0.05, 0.1) is 17.2 Å². The van der Waals surface area contributed by atoms with E-state index in [9.17, 15) is 15.2 Å². The molecular weight excluding hydrogens is 352 g/mol. The van der Waals surface area contributed by atoms with Crippen LogP contribution in [0.15, 0.2) is 54.6 Å². The van der Waals surface area contributed by atoms with E-state index in [0.717, 1.165) is 30.4 Å². The van der Waals surface area contributed by atoms with Crippen LogP contribution in [0.25, 0.3) is 0 Å². The van der Waals surface area contributed by atoms with Crippen molar-refractivity contribution >= 4 is 6.09 Å². The number of nitrogens with zero attached hydrogens (tertiary/aromatic N) is 2. The van der Waals surface area contributed by atoms with E-state index >= 15 is 0 Å². The van der Waals surface area contributed by atoms with Crippen LogP contribution in [0.1, 0.15) is 48.8 Å². The highest BCUT2D eigenvalue weighted by molar-refractivity contribution is 5.69. The summed E-state index contributed by atoms with van der Waals surface area (Å²) in [6.45, 7) is 0.254. The second-order valence-electron chi connectivity index (χ2n) is 7.82. The number of aliphatic hydroxyl groups is 1. The topological polar surface area (TPSA) is 73.6 Å². The van der Waals surface area contributed by atoms with E-state index in [-0.39, 0.29) is 24.8 Å². The number of benzene rings is 2. The van der Waals surface area contributed by atoms with Crippen LogP contribution < -0.4 is 0 Å². The minimum atomic E-state index is -1.02. The summed E-state index contributed by atoms with van der Waals surface area (Å²) in [5.74, 6) is 0. The molecule has 2 heterocycles. The summed E-state index contributed by atoms with van der Waals surface area (Å²) in [7, 11) is 0. The van der Waals surface area contributed by atoms with Gasteiger partial charge in [0, 0.05) is 24.9 Å². The lowest BCUT2D eigenvalue weighted by Crippen LogP contribution is -2.58. The van der Waals surface area contributed by atoms with Gasteiger partial charge in [-0.15, -0.1) is 0 Å². The molecule has 144 valence electrons. The summed E-state index contributed by atoms with van der Waals surface area (Å²) < 4.78 is 5.58. The lowest BCUT2D eigenvalue weighted by molar-refractivity contribution is -0.0896. The van der Waals surface area contributed by atoms with Gasteiger partial charge in [0.2, 0.25) is 0 Å². The fourth-order valence-corrected chi connectivity index (χ4v) is 4.64. The number of ether oxygens (including phenoxy) is 1. The van der Waals surface area contributed by atoms with Gasteiger partial charge in [-0.3, -0.25) is 0 Å². The normalized spacial score (nSPS) is 26.4. The Kier molecular flexibility index (Phi) is 5.06. The first-order chi connectivity index (χ1) is 13.6. The predicted molar refractivity (Wildman–Crippen MR) is 104 cm³/mol. The van der Waals surface area contributed by atoms with Crippen molar-refractivity contribution in [3.05, 3.63) is 71.3 Å². The zero-order chi connectivity index (χ0) is 19.6. The molecular formula is C23H24N2O3. The van der Waals surface area contributed by atoms with Crippen LogP contribution in [0, 0.1) is 11.3 Å². The Bertz CT molecular complexity index is 876. The van der Waals surface area contributed by atoms with E-state index in [2.05, 4.69) is 6.07 Å². The second kappa shape index (κ2) is 7.65. The van der Waals surface area contributed by atoms with Crippen molar-refractivity contribution < 1.29 is 14.6 Å². The summed E-state index contributed by atoms with van der Waals surface area (Å²) in [4.78, 5) is 14.7. The van der Waals surface area contributed by atoms with Gasteiger partial charge in [-0.25, -0.2) is 4.79 Å². The average molecular weight is 376 g/mol. The van der Waals surface area contributed by atoms with E-state index in [4.69, 9.17) is 4.74 Å². The molecule has 2 aliphatic rings. The molecule has 1 N–H and O–H groups in total. The molecule has 0 aromatic heterocycles. The first-order valence-electron chi connectivity index (χ1n) is 9.81. The third kappa shape index (κ3) is 3.61. The Balaban J connectivity index is 1.50. The van der Waals surface area contributed by atoms with Crippen molar-refractivity contribution in [2.45, 2.75) is 56.4 Å². The second-order valence-corrected chi connectivity index (χ2v) is 7.82. The van der Waals surface area contributed by atoms with Gasteiger partial charge >= 0.3 is 6.09 Å². The van der Waals surface area contributed by atoms with E-state index in [1.165, 1.54) is 0 Å². The number of hydrogen-bond acceptors (Lipinski definition) is 4. The number of nitriles is 1. The zero-order valence-corrected chi connectivity index (χ0v) is 15.8. The largest absolute Gasteiger partial charge is 0.445 e. The molecule has 0 saturated carbocycles. The van der Waals surface area contributed by atoms with Crippen molar-refractivity contribution in [2.75, 3.05) is 0 Å². The van der Waals surface area contributed by atoms with Gasteiger partial charge in [-0.1, -0.05) is 42.5 Å². The van der Waals surface area contributed by atoms with Crippen LogP contribution in [0.2, 0.25) is 0 Å². The Hall–Kier alpha value is -2.84. The van der Waals surface area contributed by atoms with E-state index in [1.807, 2.05) is 47.4 Å². The summed E-state index contributed by atoms with van der Waals surface area (Å²) in [6.07, 6.45) is 3.41. The molecule has 0 aliphatic carbocycles. The van der Waals surface area contributed by atoms with Crippen LogP contribution in [0.4, 0.5) is 4.79 Å².